The van der Waals surface area contributed by atoms with Crippen molar-refractivity contribution in [2.45, 2.75) is 47.0 Å². The summed E-state index contributed by atoms with van der Waals surface area (Å²) in [4.78, 5) is 8.51. The lowest BCUT2D eigenvalue weighted by Gasteiger charge is -2.23. The van der Waals surface area contributed by atoms with Gasteiger partial charge in [0.15, 0.2) is 0 Å². The minimum Gasteiger partial charge on any atom is -0.438 e. The Hall–Kier alpha value is -2.10. The van der Waals surface area contributed by atoms with Crippen LogP contribution in [0.25, 0.3) is 0 Å². The normalized spacial score (nSPS) is 11.5. The molecule has 0 bridgehead atoms. The van der Waals surface area contributed by atoms with Crippen LogP contribution in [0.1, 0.15) is 43.3 Å². The lowest BCUT2D eigenvalue weighted by molar-refractivity contribution is 0.434. The summed E-state index contributed by atoms with van der Waals surface area (Å²) >= 11 is 0. The van der Waals surface area contributed by atoms with Gasteiger partial charge in [0, 0.05) is 5.56 Å². The molecule has 112 valence electrons. The van der Waals surface area contributed by atoms with E-state index < -0.39 is 0 Å². The molecule has 0 aliphatic rings. The van der Waals surface area contributed by atoms with Gasteiger partial charge in [-0.15, -0.1) is 0 Å². The van der Waals surface area contributed by atoms with Crippen molar-refractivity contribution in [3.8, 4) is 11.6 Å². The second kappa shape index (κ2) is 5.35. The van der Waals surface area contributed by atoms with E-state index in [1.54, 1.807) is 0 Å². The highest BCUT2D eigenvalue weighted by Gasteiger charge is 2.20. The largest absolute Gasteiger partial charge is 0.438 e. The zero-order chi connectivity index (χ0) is 15.8. The molecule has 0 radical (unpaired) electrons. The van der Waals surface area contributed by atoms with Crippen molar-refractivity contribution in [3.05, 3.63) is 40.7 Å². The summed E-state index contributed by atoms with van der Waals surface area (Å²) in [5, 5.41) is 0. The molecule has 0 aliphatic heterocycles. The van der Waals surface area contributed by atoms with Gasteiger partial charge >= 0.3 is 0 Å². The standard InChI is InChI=1S/C17H23N3O/c1-10-7-8-14(13(9-10)17(4,5)6)21-16-11(2)15(18)19-12(3)20-16/h7-9H,1-6H3,(H2,18,19,20). The quantitative estimate of drug-likeness (QED) is 0.903. The number of nitrogens with two attached hydrogens (primary N) is 1. The molecule has 0 saturated heterocycles. The Kier molecular flexibility index (Phi) is 3.90. The summed E-state index contributed by atoms with van der Waals surface area (Å²) in [7, 11) is 0. The van der Waals surface area contributed by atoms with E-state index in [0.717, 1.165) is 16.9 Å². The smallest absolute Gasteiger partial charge is 0.227 e. The zero-order valence-corrected chi connectivity index (χ0v) is 13.6. The first-order chi connectivity index (χ1) is 9.68. The molecule has 2 N–H and O–H groups in total. The summed E-state index contributed by atoms with van der Waals surface area (Å²) in [5.74, 6) is 2.41. The molecule has 2 aromatic rings. The van der Waals surface area contributed by atoms with E-state index in [1.165, 1.54) is 5.56 Å². The van der Waals surface area contributed by atoms with Crippen molar-refractivity contribution in [1.82, 2.24) is 9.97 Å². The van der Waals surface area contributed by atoms with Gasteiger partial charge in [-0.05, 0) is 32.3 Å². The molecule has 0 atom stereocenters. The number of nitrogens with zero attached hydrogens (tertiary/aromatic N) is 2. The Bertz CT molecular complexity index is 672. The van der Waals surface area contributed by atoms with Gasteiger partial charge in [-0.2, -0.15) is 4.98 Å². The number of hydrogen-bond donors (Lipinski definition) is 1. The SMILES string of the molecule is Cc1ccc(Oc2nc(C)nc(N)c2C)c(C(C)(C)C)c1. The van der Waals surface area contributed by atoms with Crippen molar-refractivity contribution in [1.29, 1.82) is 0 Å². The van der Waals surface area contributed by atoms with Crippen molar-refractivity contribution >= 4 is 5.82 Å². The van der Waals surface area contributed by atoms with E-state index >= 15 is 0 Å². The van der Waals surface area contributed by atoms with Crippen molar-refractivity contribution in [2.24, 2.45) is 0 Å². The number of nitrogen functional groups attached to an aromatic ring is 1. The Morgan fingerprint density at radius 2 is 1.71 bits per heavy atom. The summed E-state index contributed by atoms with van der Waals surface area (Å²) in [6.45, 7) is 12.3. The summed E-state index contributed by atoms with van der Waals surface area (Å²) < 4.78 is 6.05. The number of hydrogen-bond acceptors (Lipinski definition) is 4. The molecular formula is C17H23N3O. The average molecular weight is 285 g/mol. The number of ether oxygens (including phenoxy) is 1. The summed E-state index contributed by atoms with van der Waals surface area (Å²) in [6, 6.07) is 6.18. The van der Waals surface area contributed by atoms with E-state index in [1.807, 2.05) is 26.0 Å². The molecule has 0 fully saturated rings. The molecular weight excluding hydrogens is 262 g/mol. The number of aryl methyl sites for hydroxylation is 2. The Labute approximate surface area is 126 Å². The maximum Gasteiger partial charge on any atom is 0.227 e. The Morgan fingerprint density at radius 1 is 1.05 bits per heavy atom. The minimum atomic E-state index is -0.0110. The molecule has 0 saturated carbocycles. The van der Waals surface area contributed by atoms with Crippen LogP contribution in [0, 0.1) is 20.8 Å². The van der Waals surface area contributed by atoms with Crippen LogP contribution in [0.15, 0.2) is 18.2 Å². The van der Waals surface area contributed by atoms with Crippen LogP contribution >= 0.6 is 0 Å². The third kappa shape index (κ3) is 3.32. The van der Waals surface area contributed by atoms with Gasteiger partial charge in [-0.3, -0.25) is 0 Å². The highest BCUT2D eigenvalue weighted by Crippen LogP contribution is 2.35. The van der Waals surface area contributed by atoms with Gasteiger partial charge in [0.25, 0.3) is 0 Å². The zero-order valence-electron chi connectivity index (χ0n) is 13.6. The van der Waals surface area contributed by atoms with Crippen LogP contribution < -0.4 is 10.5 Å². The molecule has 0 aliphatic carbocycles. The molecule has 4 heteroatoms. The maximum absolute atomic E-state index is 6.05. The number of benzene rings is 1. The number of rotatable bonds is 2. The van der Waals surface area contributed by atoms with E-state index in [9.17, 15) is 0 Å². The van der Waals surface area contributed by atoms with E-state index in [2.05, 4.69) is 43.7 Å². The fourth-order valence-corrected chi connectivity index (χ4v) is 2.15. The van der Waals surface area contributed by atoms with Gasteiger partial charge in [-0.25, -0.2) is 4.98 Å². The average Bonchev–Trinajstić information content (AvgIpc) is 2.36. The summed E-state index contributed by atoms with van der Waals surface area (Å²) in [5.41, 5.74) is 9.01. The third-order valence-electron chi connectivity index (χ3n) is 3.40. The third-order valence-corrected chi connectivity index (χ3v) is 3.40. The van der Waals surface area contributed by atoms with Gasteiger partial charge in [0.05, 0.1) is 5.56 Å². The fourth-order valence-electron chi connectivity index (χ4n) is 2.15. The lowest BCUT2D eigenvalue weighted by atomic mass is 9.85. The van der Waals surface area contributed by atoms with Gasteiger partial charge < -0.3 is 10.5 Å². The van der Waals surface area contributed by atoms with E-state index in [4.69, 9.17) is 10.5 Å². The van der Waals surface area contributed by atoms with Crippen LogP contribution in [0.5, 0.6) is 11.6 Å². The minimum absolute atomic E-state index is 0.0110. The van der Waals surface area contributed by atoms with Crippen molar-refractivity contribution in [3.63, 3.8) is 0 Å². The molecule has 21 heavy (non-hydrogen) atoms. The predicted octanol–water partition coefficient (Wildman–Crippen LogP) is 4.07. The molecule has 4 nitrogen and oxygen atoms in total. The predicted molar refractivity (Wildman–Crippen MR) is 85.9 cm³/mol. The highest BCUT2D eigenvalue weighted by molar-refractivity contribution is 5.48. The lowest BCUT2D eigenvalue weighted by Crippen LogP contribution is -2.13. The van der Waals surface area contributed by atoms with Crippen LogP contribution in [0.3, 0.4) is 0 Å². The second-order valence-corrected chi connectivity index (χ2v) is 6.44. The first kappa shape index (κ1) is 15.3. The number of aromatic nitrogens is 2. The molecule has 1 aromatic carbocycles. The van der Waals surface area contributed by atoms with Gasteiger partial charge in [0.1, 0.15) is 17.4 Å². The van der Waals surface area contributed by atoms with E-state index in [0.29, 0.717) is 17.5 Å². The van der Waals surface area contributed by atoms with Crippen LogP contribution in [0.2, 0.25) is 0 Å². The first-order valence-electron chi connectivity index (χ1n) is 7.08. The molecule has 0 spiro atoms. The summed E-state index contributed by atoms with van der Waals surface area (Å²) in [6.07, 6.45) is 0. The maximum atomic E-state index is 6.05. The van der Waals surface area contributed by atoms with Crippen LogP contribution in [-0.4, -0.2) is 9.97 Å². The monoisotopic (exact) mass is 285 g/mol. The fraction of sp³-hybridized carbons (Fsp3) is 0.412. The molecule has 0 unspecified atom stereocenters. The van der Waals surface area contributed by atoms with Crippen LogP contribution in [0.4, 0.5) is 5.82 Å². The Balaban J connectivity index is 2.50. The highest BCUT2D eigenvalue weighted by atomic mass is 16.5. The molecule has 0 amide bonds. The molecule has 2 rings (SSSR count). The topological polar surface area (TPSA) is 61.0 Å². The number of anilines is 1. The van der Waals surface area contributed by atoms with Crippen molar-refractivity contribution < 1.29 is 4.74 Å². The first-order valence-corrected chi connectivity index (χ1v) is 7.08. The van der Waals surface area contributed by atoms with Crippen LogP contribution in [-0.2, 0) is 5.41 Å². The van der Waals surface area contributed by atoms with Crippen molar-refractivity contribution in [2.75, 3.05) is 5.73 Å². The molecule has 1 heterocycles. The van der Waals surface area contributed by atoms with Gasteiger partial charge in [0.2, 0.25) is 5.88 Å². The molecule has 1 aromatic heterocycles. The second-order valence-electron chi connectivity index (χ2n) is 6.44. The van der Waals surface area contributed by atoms with E-state index in [-0.39, 0.29) is 5.41 Å². The van der Waals surface area contributed by atoms with Gasteiger partial charge in [-0.1, -0.05) is 38.5 Å². The Morgan fingerprint density at radius 3 is 2.33 bits per heavy atom.